The Morgan fingerprint density at radius 2 is 2.09 bits per heavy atom. The van der Waals surface area contributed by atoms with Gasteiger partial charge in [0.15, 0.2) is 5.56 Å². The van der Waals surface area contributed by atoms with Crippen molar-refractivity contribution in [1.29, 1.82) is 0 Å². The highest BCUT2D eigenvalue weighted by atomic mass is 35.5. The van der Waals surface area contributed by atoms with Crippen LogP contribution in [0.3, 0.4) is 0 Å². The number of alkyl halides is 1. The lowest BCUT2D eigenvalue weighted by Gasteiger charge is -2.13. The van der Waals surface area contributed by atoms with Crippen molar-refractivity contribution < 1.29 is 9.53 Å². The van der Waals surface area contributed by atoms with E-state index < -0.39 is 5.56 Å². The molecule has 11 heavy (non-hydrogen) atoms. The predicted molar refractivity (Wildman–Crippen MR) is 43.3 cm³/mol. The molecule has 1 rings (SSSR count). The molecule has 0 bridgehead atoms. The second kappa shape index (κ2) is 3.44. The predicted octanol–water partition coefficient (Wildman–Crippen LogP) is 2.16. The van der Waals surface area contributed by atoms with E-state index in [0.29, 0.717) is 0 Å². The minimum atomic E-state index is -0.455. The standard InChI is InChI=1S/C8H13ClO2/c1-5(2)7(9)11-8(10)6-3-4-6/h5-7H,3-4H2,1-2H3/t7-/m0/s1. The van der Waals surface area contributed by atoms with Crippen LogP contribution in [0.4, 0.5) is 0 Å². The molecule has 0 saturated heterocycles. The van der Waals surface area contributed by atoms with Gasteiger partial charge >= 0.3 is 5.97 Å². The molecule has 0 amide bonds. The van der Waals surface area contributed by atoms with E-state index in [1.165, 1.54) is 0 Å². The van der Waals surface area contributed by atoms with Crippen molar-refractivity contribution in [2.45, 2.75) is 32.3 Å². The minimum absolute atomic E-state index is 0.126. The lowest BCUT2D eigenvalue weighted by molar-refractivity contribution is -0.148. The van der Waals surface area contributed by atoms with Crippen LogP contribution in [0.5, 0.6) is 0 Å². The Hall–Kier alpha value is -0.240. The third-order valence-electron chi connectivity index (χ3n) is 1.66. The maximum Gasteiger partial charge on any atom is 0.310 e. The van der Waals surface area contributed by atoms with Crippen molar-refractivity contribution >= 4 is 17.6 Å². The van der Waals surface area contributed by atoms with Gasteiger partial charge in [0.1, 0.15) is 0 Å². The number of halogens is 1. The van der Waals surface area contributed by atoms with Crippen LogP contribution in [0.2, 0.25) is 0 Å². The molecule has 1 fully saturated rings. The molecule has 0 aromatic rings. The van der Waals surface area contributed by atoms with Crippen molar-refractivity contribution in [2.24, 2.45) is 11.8 Å². The van der Waals surface area contributed by atoms with Gasteiger partial charge in [-0.2, -0.15) is 0 Å². The first kappa shape index (κ1) is 8.85. The first-order valence-corrected chi connectivity index (χ1v) is 4.39. The van der Waals surface area contributed by atoms with Gasteiger partial charge in [0.25, 0.3) is 0 Å². The molecule has 0 heterocycles. The summed E-state index contributed by atoms with van der Waals surface area (Å²) in [6, 6.07) is 0. The number of carbonyl (C=O) groups excluding carboxylic acids is 1. The molecule has 0 N–H and O–H groups in total. The van der Waals surface area contributed by atoms with E-state index in [1.807, 2.05) is 13.8 Å². The molecule has 3 heteroatoms. The molecule has 0 spiro atoms. The van der Waals surface area contributed by atoms with Crippen LogP contribution in [0.15, 0.2) is 0 Å². The topological polar surface area (TPSA) is 26.3 Å². The molecule has 0 aromatic heterocycles. The molecule has 2 nitrogen and oxygen atoms in total. The molecule has 0 unspecified atom stereocenters. The van der Waals surface area contributed by atoms with Gasteiger partial charge in [-0.15, -0.1) is 0 Å². The summed E-state index contributed by atoms with van der Waals surface area (Å²) in [6.07, 6.45) is 1.95. The number of rotatable bonds is 3. The Bertz CT molecular complexity index is 152. The van der Waals surface area contributed by atoms with Crippen LogP contribution in [0.1, 0.15) is 26.7 Å². The SMILES string of the molecule is CC(C)[C@@H](Cl)OC(=O)C1CC1. The third kappa shape index (κ3) is 2.70. The Labute approximate surface area is 71.9 Å². The zero-order valence-electron chi connectivity index (χ0n) is 6.84. The molecule has 0 radical (unpaired) electrons. The fraction of sp³-hybridized carbons (Fsp3) is 0.875. The lowest BCUT2D eigenvalue weighted by Crippen LogP contribution is -2.18. The van der Waals surface area contributed by atoms with E-state index in [-0.39, 0.29) is 17.8 Å². The Morgan fingerprint density at radius 1 is 1.55 bits per heavy atom. The summed E-state index contributed by atoms with van der Waals surface area (Å²) < 4.78 is 4.96. The number of ether oxygens (including phenoxy) is 1. The molecule has 0 aromatic carbocycles. The summed E-state index contributed by atoms with van der Waals surface area (Å²) in [6.45, 7) is 3.86. The van der Waals surface area contributed by atoms with Crippen LogP contribution in [-0.2, 0) is 9.53 Å². The van der Waals surface area contributed by atoms with Gasteiger partial charge in [-0.25, -0.2) is 0 Å². The summed E-state index contributed by atoms with van der Waals surface area (Å²) in [7, 11) is 0. The number of hydrogen-bond donors (Lipinski definition) is 0. The molecule has 64 valence electrons. The normalized spacial score (nSPS) is 20.0. The molecule has 1 aliphatic rings. The number of carbonyl (C=O) groups is 1. The van der Waals surface area contributed by atoms with Crippen LogP contribution in [-0.4, -0.2) is 11.5 Å². The Kier molecular flexibility index (Phi) is 2.77. The highest BCUT2D eigenvalue weighted by molar-refractivity contribution is 6.20. The summed E-state index contributed by atoms with van der Waals surface area (Å²) in [4.78, 5) is 11.0. The van der Waals surface area contributed by atoms with E-state index >= 15 is 0 Å². The third-order valence-corrected chi connectivity index (χ3v) is 2.26. The van der Waals surface area contributed by atoms with E-state index in [2.05, 4.69) is 0 Å². The van der Waals surface area contributed by atoms with Crippen LogP contribution < -0.4 is 0 Å². The number of hydrogen-bond acceptors (Lipinski definition) is 2. The quantitative estimate of drug-likeness (QED) is 0.487. The first-order chi connectivity index (χ1) is 5.11. The van der Waals surface area contributed by atoms with E-state index in [1.54, 1.807) is 0 Å². The van der Waals surface area contributed by atoms with Gasteiger partial charge in [-0.3, -0.25) is 4.79 Å². The summed E-state index contributed by atoms with van der Waals surface area (Å²) in [5.74, 6) is 0.216. The highest BCUT2D eigenvalue weighted by Crippen LogP contribution is 2.31. The molecule has 1 atom stereocenters. The average Bonchev–Trinajstić information content (AvgIpc) is 2.67. The Morgan fingerprint density at radius 3 is 2.45 bits per heavy atom. The smallest absolute Gasteiger partial charge is 0.310 e. The average molecular weight is 177 g/mol. The fourth-order valence-electron chi connectivity index (χ4n) is 0.662. The van der Waals surface area contributed by atoms with Gasteiger partial charge in [0, 0.05) is 5.92 Å². The minimum Gasteiger partial charge on any atom is -0.445 e. The fourth-order valence-corrected chi connectivity index (χ4v) is 0.750. The highest BCUT2D eigenvalue weighted by Gasteiger charge is 2.32. The number of esters is 1. The van der Waals surface area contributed by atoms with Gasteiger partial charge in [-0.05, 0) is 12.8 Å². The van der Waals surface area contributed by atoms with Crippen molar-refractivity contribution in [3.8, 4) is 0 Å². The summed E-state index contributed by atoms with van der Waals surface area (Å²) in [5.41, 5.74) is -0.455. The van der Waals surface area contributed by atoms with E-state index in [9.17, 15) is 4.79 Å². The van der Waals surface area contributed by atoms with Crippen molar-refractivity contribution in [3.63, 3.8) is 0 Å². The van der Waals surface area contributed by atoms with E-state index in [4.69, 9.17) is 16.3 Å². The molecular formula is C8H13ClO2. The maximum atomic E-state index is 11.0. The van der Waals surface area contributed by atoms with Crippen LogP contribution >= 0.6 is 11.6 Å². The van der Waals surface area contributed by atoms with Gasteiger partial charge in [-0.1, -0.05) is 25.4 Å². The first-order valence-electron chi connectivity index (χ1n) is 3.96. The van der Waals surface area contributed by atoms with E-state index in [0.717, 1.165) is 12.8 Å². The van der Waals surface area contributed by atoms with Gasteiger partial charge in [0.2, 0.25) is 0 Å². The summed E-state index contributed by atoms with van der Waals surface area (Å²) in [5, 5.41) is 0. The Balaban J connectivity index is 2.23. The molecule has 0 aliphatic heterocycles. The van der Waals surface area contributed by atoms with Crippen LogP contribution in [0.25, 0.3) is 0 Å². The zero-order chi connectivity index (χ0) is 8.43. The molecular weight excluding hydrogens is 164 g/mol. The van der Waals surface area contributed by atoms with Crippen molar-refractivity contribution in [3.05, 3.63) is 0 Å². The summed E-state index contributed by atoms with van der Waals surface area (Å²) >= 11 is 5.74. The second-order valence-corrected chi connectivity index (χ2v) is 3.74. The van der Waals surface area contributed by atoms with Gasteiger partial charge < -0.3 is 4.74 Å². The lowest BCUT2D eigenvalue weighted by atomic mass is 10.2. The van der Waals surface area contributed by atoms with Crippen molar-refractivity contribution in [1.82, 2.24) is 0 Å². The van der Waals surface area contributed by atoms with Crippen molar-refractivity contribution in [2.75, 3.05) is 0 Å². The largest absolute Gasteiger partial charge is 0.445 e. The zero-order valence-corrected chi connectivity index (χ0v) is 7.60. The van der Waals surface area contributed by atoms with Crippen LogP contribution in [0, 0.1) is 11.8 Å². The molecule has 1 saturated carbocycles. The maximum absolute atomic E-state index is 11.0. The van der Waals surface area contributed by atoms with Gasteiger partial charge in [0.05, 0.1) is 5.92 Å². The monoisotopic (exact) mass is 176 g/mol. The molecule has 1 aliphatic carbocycles. The second-order valence-electron chi connectivity index (χ2n) is 3.31.